The number of nitrogens with zero attached hydrogens (tertiary/aromatic N) is 3. The van der Waals surface area contributed by atoms with E-state index in [1.54, 1.807) is 40.7 Å². The molecule has 0 aliphatic rings. The van der Waals surface area contributed by atoms with E-state index in [0.29, 0.717) is 28.0 Å². The maximum atomic E-state index is 13.3. The lowest BCUT2D eigenvalue weighted by Crippen LogP contribution is -2.41. The van der Waals surface area contributed by atoms with Crippen molar-refractivity contribution in [3.05, 3.63) is 35.5 Å². The predicted octanol–water partition coefficient (Wildman–Crippen LogP) is 3.83. The van der Waals surface area contributed by atoms with Crippen LogP contribution in [0.15, 0.2) is 30.5 Å². The molecule has 0 radical (unpaired) electrons. The summed E-state index contributed by atoms with van der Waals surface area (Å²) in [6.45, 7) is 8.69. The van der Waals surface area contributed by atoms with Crippen LogP contribution in [0.5, 0.6) is 0 Å². The summed E-state index contributed by atoms with van der Waals surface area (Å²) in [4.78, 5) is 62.8. The van der Waals surface area contributed by atoms with Crippen LogP contribution in [0.3, 0.4) is 0 Å². The zero-order valence-corrected chi connectivity index (χ0v) is 23.9. The molecule has 0 bridgehead atoms. The number of carbonyl (C=O) groups excluding carboxylic acids is 2. The topological polar surface area (TPSA) is 170 Å². The van der Waals surface area contributed by atoms with E-state index in [2.05, 4.69) is 23.7 Å². The molecule has 1 aromatic carbocycles. The summed E-state index contributed by atoms with van der Waals surface area (Å²) >= 11 is 6.13. The fourth-order valence-corrected chi connectivity index (χ4v) is 4.85. The lowest BCUT2D eigenvalue weighted by Gasteiger charge is -2.30. The van der Waals surface area contributed by atoms with Gasteiger partial charge in [0, 0.05) is 29.1 Å². The Bertz CT molecular complexity index is 1190. The molecular formula is C25H36ClN4O8P. The van der Waals surface area contributed by atoms with Gasteiger partial charge in [-0.25, -0.2) is 9.59 Å². The van der Waals surface area contributed by atoms with Crippen molar-refractivity contribution in [2.24, 2.45) is 0 Å². The number of carboxylic acids is 1. The predicted molar refractivity (Wildman–Crippen MR) is 148 cm³/mol. The molecule has 12 nitrogen and oxygen atoms in total. The van der Waals surface area contributed by atoms with Gasteiger partial charge in [-0.05, 0) is 70.1 Å². The summed E-state index contributed by atoms with van der Waals surface area (Å²) in [5, 5.41) is 12.0. The van der Waals surface area contributed by atoms with Crippen molar-refractivity contribution in [2.45, 2.75) is 58.3 Å². The maximum absolute atomic E-state index is 13.3. The van der Waals surface area contributed by atoms with Gasteiger partial charge >= 0.3 is 19.7 Å². The molecule has 0 spiro atoms. The van der Waals surface area contributed by atoms with Crippen LogP contribution in [0.25, 0.3) is 10.9 Å². The van der Waals surface area contributed by atoms with Gasteiger partial charge in [-0.3, -0.25) is 19.2 Å². The Hall–Kier alpha value is -2.76. The minimum atomic E-state index is -5.08. The monoisotopic (exact) mass is 586 g/mol. The Morgan fingerprint density at radius 3 is 2.46 bits per heavy atom. The number of nitrogens with one attached hydrogen (secondary N) is 1. The van der Waals surface area contributed by atoms with E-state index < -0.39 is 31.3 Å². The van der Waals surface area contributed by atoms with Gasteiger partial charge in [0.1, 0.15) is 0 Å². The number of halogens is 1. The van der Waals surface area contributed by atoms with Crippen LogP contribution in [-0.2, 0) is 18.9 Å². The fraction of sp³-hybridized carbons (Fsp3) is 0.520. The molecule has 0 saturated heterocycles. The average Bonchev–Trinajstić information content (AvgIpc) is 2.87. The first-order valence-corrected chi connectivity index (χ1v) is 14.7. The lowest BCUT2D eigenvalue weighted by molar-refractivity contribution is -0.139. The van der Waals surface area contributed by atoms with E-state index >= 15 is 0 Å². The number of ether oxygens (including phenoxy) is 1. The van der Waals surface area contributed by atoms with Gasteiger partial charge < -0.3 is 29.8 Å². The molecule has 2 unspecified atom stereocenters. The number of hydrogen-bond acceptors (Lipinski definition) is 7. The third-order valence-corrected chi connectivity index (χ3v) is 7.47. The zero-order valence-electron chi connectivity index (χ0n) is 22.2. The van der Waals surface area contributed by atoms with E-state index in [-0.39, 0.29) is 25.5 Å². The van der Waals surface area contributed by atoms with E-state index in [1.165, 1.54) is 0 Å². The summed E-state index contributed by atoms with van der Waals surface area (Å²) in [7, 11) is -5.08. The summed E-state index contributed by atoms with van der Waals surface area (Å²) < 4.78 is 16.7. The molecule has 4 N–H and O–H groups in total. The molecule has 2 amide bonds. The highest BCUT2D eigenvalue weighted by Crippen LogP contribution is 2.39. The number of fused-ring (bicyclic) bond motifs is 1. The Balaban J connectivity index is 2.12. The minimum Gasteiger partial charge on any atom is -0.479 e. The molecular weight excluding hydrogens is 551 g/mol. The standard InChI is InChI=1S/C25H36ClN4O8P/c1-4-29(5-2)14-6-8-17(3)30(21-12-13-27-20-16-18(26)10-11-19(20)21)25(34)38-15-7-9-22(31)28-23(24(32)33)39(35,36)37/h10-13,16-17,23H,4-9,14-15H2,1-3H3,(H,28,31)(H,32,33)(H2,35,36,37). The van der Waals surface area contributed by atoms with E-state index in [4.69, 9.17) is 31.2 Å². The SMILES string of the molecule is CCN(CC)CCCC(C)N(C(=O)OCCCC(=O)NC(C(=O)O)P(=O)(O)O)c1ccnc2cc(Cl)ccc12. The van der Waals surface area contributed by atoms with Gasteiger partial charge in [-0.15, -0.1) is 0 Å². The van der Waals surface area contributed by atoms with Crippen molar-refractivity contribution < 1.29 is 38.6 Å². The Kier molecular flexibility index (Phi) is 12.6. The Morgan fingerprint density at radius 1 is 1.15 bits per heavy atom. The Morgan fingerprint density at radius 2 is 1.85 bits per heavy atom. The second-order valence-corrected chi connectivity index (χ2v) is 11.1. The van der Waals surface area contributed by atoms with Gasteiger partial charge in [0.2, 0.25) is 11.7 Å². The molecule has 1 heterocycles. The number of hydrogen-bond donors (Lipinski definition) is 4. The summed E-state index contributed by atoms with van der Waals surface area (Å²) in [6.07, 6.45) is 2.22. The quantitative estimate of drug-likeness (QED) is 0.178. The summed E-state index contributed by atoms with van der Waals surface area (Å²) in [5.74, 6) is -5.08. The summed E-state index contributed by atoms with van der Waals surface area (Å²) in [5.41, 5.74) is 1.21. The molecule has 0 aliphatic heterocycles. The van der Waals surface area contributed by atoms with Crippen LogP contribution in [0.2, 0.25) is 5.02 Å². The minimum absolute atomic E-state index is 0.0158. The third kappa shape index (κ3) is 9.74. The van der Waals surface area contributed by atoms with Gasteiger partial charge in [-0.1, -0.05) is 25.4 Å². The van der Waals surface area contributed by atoms with Crippen LogP contribution in [0.4, 0.5) is 10.5 Å². The van der Waals surface area contributed by atoms with Crippen molar-refractivity contribution >= 4 is 53.8 Å². The lowest BCUT2D eigenvalue weighted by atomic mass is 10.1. The van der Waals surface area contributed by atoms with Gasteiger partial charge in [0.25, 0.3) is 0 Å². The van der Waals surface area contributed by atoms with Crippen LogP contribution >= 0.6 is 19.2 Å². The number of anilines is 1. The first kappa shape index (κ1) is 32.5. The molecule has 0 saturated carbocycles. The highest BCUT2D eigenvalue weighted by molar-refractivity contribution is 7.53. The Labute approximate surface area is 232 Å². The van der Waals surface area contributed by atoms with Crippen molar-refractivity contribution in [3.63, 3.8) is 0 Å². The van der Waals surface area contributed by atoms with Gasteiger partial charge in [0.05, 0.1) is 17.8 Å². The first-order valence-electron chi connectivity index (χ1n) is 12.7. The number of carbonyl (C=O) groups is 3. The summed E-state index contributed by atoms with van der Waals surface area (Å²) in [6, 6.07) is 6.68. The average molecular weight is 587 g/mol. The fourth-order valence-electron chi connectivity index (χ4n) is 4.09. The second-order valence-electron chi connectivity index (χ2n) is 8.99. The number of amides is 2. The number of aliphatic carboxylic acids is 1. The number of benzene rings is 1. The molecule has 2 rings (SSSR count). The van der Waals surface area contributed by atoms with Gasteiger partial charge in [-0.2, -0.15) is 0 Å². The molecule has 216 valence electrons. The molecule has 1 aromatic heterocycles. The number of pyridine rings is 1. The van der Waals surface area contributed by atoms with Crippen LogP contribution in [0.1, 0.15) is 46.5 Å². The van der Waals surface area contributed by atoms with Crippen LogP contribution < -0.4 is 10.2 Å². The molecule has 0 aliphatic carbocycles. The number of rotatable bonds is 15. The normalized spacial score (nSPS) is 13.2. The van der Waals surface area contributed by atoms with E-state index in [0.717, 1.165) is 26.1 Å². The third-order valence-electron chi connectivity index (χ3n) is 6.21. The van der Waals surface area contributed by atoms with Crippen molar-refractivity contribution in [1.82, 2.24) is 15.2 Å². The molecule has 39 heavy (non-hydrogen) atoms. The van der Waals surface area contributed by atoms with Crippen LogP contribution in [0, 0.1) is 0 Å². The smallest absolute Gasteiger partial charge is 0.414 e. The molecule has 2 atom stereocenters. The largest absolute Gasteiger partial charge is 0.479 e. The maximum Gasteiger partial charge on any atom is 0.414 e. The van der Waals surface area contributed by atoms with E-state index in [1.807, 2.05) is 6.92 Å². The van der Waals surface area contributed by atoms with Crippen LogP contribution in [-0.4, -0.2) is 80.8 Å². The van der Waals surface area contributed by atoms with Crippen molar-refractivity contribution in [2.75, 3.05) is 31.1 Å². The van der Waals surface area contributed by atoms with Crippen molar-refractivity contribution in [1.29, 1.82) is 0 Å². The molecule has 0 fully saturated rings. The highest BCUT2D eigenvalue weighted by atomic mass is 35.5. The van der Waals surface area contributed by atoms with Crippen molar-refractivity contribution in [3.8, 4) is 0 Å². The molecule has 2 aromatic rings. The number of aromatic nitrogens is 1. The first-order chi connectivity index (χ1) is 18.4. The number of carboxylic acid groups (broad SMARTS) is 1. The highest BCUT2D eigenvalue weighted by Gasteiger charge is 2.37. The van der Waals surface area contributed by atoms with E-state index in [9.17, 15) is 18.9 Å². The second kappa shape index (κ2) is 15.1. The van der Waals surface area contributed by atoms with Gasteiger partial charge in [0.15, 0.2) is 0 Å². The zero-order chi connectivity index (χ0) is 29.2. The molecule has 14 heteroatoms.